The first-order valence-electron chi connectivity index (χ1n) is 7.50. The van der Waals surface area contributed by atoms with Crippen LogP contribution < -0.4 is 10.2 Å². The Labute approximate surface area is 145 Å². The number of nitrogens with one attached hydrogen (secondary N) is 1. The largest absolute Gasteiger partial charge is 0.378 e. The number of carbonyl (C=O) groups excluding carboxylic acids is 1. The summed E-state index contributed by atoms with van der Waals surface area (Å²) in [6.45, 7) is 2.05. The molecule has 0 fully saturated rings. The molecule has 0 aliphatic rings. The van der Waals surface area contributed by atoms with Crippen LogP contribution in [-0.2, 0) is 0 Å². The third-order valence-corrected chi connectivity index (χ3v) is 4.55. The molecular weight excluding hydrogens is 320 g/mol. The van der Waals surface area contributed by atoms with Gasteiger partial charge in [-0.25, -0.2) is 4.98 Å². The van der Waals surface area contributed by atoms with E-state index in [1.165, 1.54) is 11.3 Å². The summed E-state index contributed by atoms with van der Waals surface area (Å²) in [4.78, 5) is 23.3. The molecule has 0 saturated heterocycles. The maximum absolute atomic E-state index is 12.4. The molecule has 0 saturated carbocycles. The van der Waals surface area contributed by atoms with Crippen LogP contribution in [0.15, 0.2) is 48.9 Å². The highest BCUT2D eigenvalue weighted by atomic mass is 32.1. The fourth-order valence-electron chi connectivity index (χ4n) is 2.26. The molecule has 5 nitrogen and oxygen atoms in total. The Morgan fingerprint density at radius 1 is 1.17 bits per heavy atom. The van der Waals surface area contributed by atoms with E-state index in [2.05, 4.69) is 26.3 Å². The number of benzene rings is 1. The number of nitrogens with zero attached hydrogens (tertiary/aromatic N) is 3. The fraction of sp³-hybridized carbons (Fsp3) is 0.167. The van der Waals surface area contributed by atoms with Gasteiger partial charge in [-0.1, -0.05) is 11.3 Å². The fourth-order valence-corrected chi connectivity index (χ4v) is 3.05. The zero-order valence-corrected chi connectivity index (χ0v) is 14.6. The first-order chi connectivity index (χ1) is 11.5. The summed E-state index contributed by atoms with van der Waals surface area (Å²) in [5, 5.41) is 3.99. The highest BCUT2D eigenvalue weighted by Gasteiger charge is 2.13. The lowest BCUT2D eigenvalue weighted by Crippen LogP contribution is -2.08. The molecule has 1 N–H and O–H groups in total. The van der Waals surface area contributed by atoms with E-state index in [0.29, 0.717) is 15.6 Å². The third kappa shape index (κ3) is 3.44. The monoisotopic (exact) mass is 338 g/mol. The molecule has 0 bridgehead atoms. The second-order valence-electron chi connectivity index (χ2n) is 5.61. The van der Waals surface area contributed by atoms with Gasteiger partial charge in [0.05, 0.1) is 11.1 Å². The molecule has 0 amide bonds. The molecule has 0 unspecified atom stereocenters. The molecule has 3 aromatic rings. The van der Waals surface area contributed by atoms with E-state index in [9.17, 15) is 4.79 Å². The zero-order chi connectivity index (χ0) is 17.1. The number of anilines is 3. The Bertz CT molecular complexity index is 858. The van der Waals surface area contributed by atoms with E-state index in [1.54, 1.807) is 30.7 Å². The molecular formula is C18H18N4OS. The van der Waals surface area contributed by atoms with E-state index in [0.717, 1.165) is 16.9 Å². The van der Waals surface area contributed by atoms with Gasteiger partial charge in [0.2, 0.25) is 5.78 Å². The third-order valence-electron chi connectivity index (χ3n) is 3.64. The number of aromatic nitrogens is 2. The Morgan fingerprint density at radius 2 is 1.92 bits per heavy atom. The molecule has 0 atom stereocenters. The van der Waals surface area contributed by atoms with Gasteiger partial charge < -0.3 is 10.2 Å². The summed E-state index contributed by atoms with van der Waals surface area (Å²) >= 11 is 1.35. The van der Waals surface area contributed by atoms with Crippen LogP contribution in [0, 0.1) is 6.92 Å². The number of hydrogen-bond donors (Lipinski definition) is 1. The lowest BCUT2D eigenvalue weighted by Gasteiger charge is -2.15. The number of carbonyl (C=O) groups is 1. The van der Waals surface area contributed by atoms with Crippen molar-refractivity contribution in [3.05, 3.63) is 64.9 Å². The molecule has 0 aliphatic heterocycles. The van der Waals surface area contributed by atoms with Crippen molar-refractivity contribution in [2.75, 3.05) is 24.3 Å². The minimum Gasteiger partial charge on any atom is -0.378 e. The van der Waals surface area contributed by atoms with Crippen molar-refractivity contribution in [2.45, 2.75) is 6.92 Å². The van der Waals surface area contributed by atoms with Crippen molar-refractivity contribution in [1.82, 2.24) is 9.97 Å². The van der Waals surface area contributed by atoms with Crippen molar-refractivity contribution in [3.8, 4) is 0 Å². The number of aryl methyl sites for hydroxylation is 1. The van der Waals surface area contributed by atoms with Gasteiger partial charge in [0, 0.05) is 43.4 Å². The SMILES string of the molecule is Cc1cc(N(C)C)ccc1Nc1ncc(C(=O)c2ccncc2)s1. The molecule has 0 spiro atoms. The second kappa shape index (κ2) is 6.80. The number of pyridine rings is 1. The number of rotatable bonds is 5. The van der Waals surface area contributed by atoms with Gasteiger partial charge in [-0.3, -0.25) is 9.78 Å². The molecule has 24 heavy (non-hydrogen) atoms. The molecule has 3 rings (SSSR count). The van der Waals surface area contributed by atoms with E-state index in [-0.39, 0.29) is 5.78 Å². The first-order valence-corrected chi connectivity index (χ1v) is 8.32. The summed E-state index contributed by atoms with van der Waals surface area (Å²) in [5.41, 5.74) is 3.87. The van der Waals surface area contributed by atoms with Crippen LogP contribution in [0.25, 0.3) is 0 Å². The second-order valence-corrected chi connectivity index (χ2v) is 6.64. The number of ketones is 1. The van der Waals surface area contributed by atoms with Gasteiger partial charge >= 0.3 is 0 Å². The maximum Gasteiger partial charge on any atom is 0.204 e. The van der Waals surface area contributed by atoms with Crippen LogP contribution in [0.4, 0.5) is 16.5 Å². The molecule has 2 aromatic heterocycles. The van der Waals surface area contributed by atoms with E-state index >= 15 is 0 Å². The lowest BCUT2D eigenvalue weighted by atomic mass is 10.1. The normalized spacial score (nSPS) is 10.5. The van der Waals surface area contributed by atoms with Gasteiger partial charge in [-0.2, -0.15) is 0 Å². The van der Waals surface area contributed by atoms with Crippen LogP contribution in [0.3, 0.4) is 0 Å². The minimum atomic E-state index is -0.0392. The van der Waals surface area contributed by atoms with Gasteiger partial charge in [0.1, 0.15) is 0 Å². The van der Waals surface area contributed by atoms with Crippen molar-refractivity contribution in [1.29, 1.82) is 0 Å². The van der Waals surface area contributed by atoms with Crippen LogP contribution in [0.2, 0.25) is 0 Å². The molecule has 0 radical (unpaired) electrons. The molecule has 1 aromatic carbocycles. The molecule has 0 aliphatic carbocycles. The highest BCUT2D eigenvalue weighted by Crippen LogP contribution is 2.28. The van der Waals surface area contributed by atoms with Crippen molar-refractivity contribution < 1.29 is 4.79 Å². The minimum absolute atomic E-state index is 0.0392. The Kier molecular flexibility index (Phi) is 4.57. The predicted octanol–water partition coefficient (Wildman–Crippen LogP) is 3.89. The van der Waals surface area contributed by atoms with Gasteiger partial charge in [0.25, 0.3) is 0 Å². The topological polar surface area (TPSA) is 58.1 Å². The molecule has 2 heterocycles. The Hall–Kier alpha value is -2.73. The Balaban J connectivity index is 1.78. The van der Waals surface area contributed by atoms with Crippen molar-refractivity contribution >= 4 is 33.6 Å². The van der Waals surface area contributed by atoms with E-state index < -0.39 is 0 Å². The van der Waals surface area contributed by atoms with Crippen LogP contribution in [0.1, 0.15) is 20.8 Å². The molecule has 6 heteroatoms. The summed E-state index contributed by atoms with van der Waals surface area (Å²) in [5.74, 6) is -0.0392. The average Bonchev–Trinajstić information content (AvgIpc) is 3.05. The quantitative estimate of drug-likeness (QED) is 0.715. The van der Waals surface area contributed by atoms with Crippen LogP contribution >= 0.6 is 11.3 Å². The summed E-state index contributed by atoms with van der Waals surface area (Å²) in [6, 6.07) is 9.60. The van der Waals surface area contributed by atoms with Crippen LogP contribution in [-0.4, -0.2) is 29.8 Å². The lowest BCUT2D eigenvalue weighted by molar-refractivity contribution is 0.104. The van der Waals surface area contributed by atoms with Crippen molar-refractivity contribution in [3.63, 3.8) is 0 Å². The maximum atomic E-state index is 12.4. The molecule has 122 valence electrons. The number of hydrogen-bond acceptors (Lipinski definition) is 6. The Morgan fingerprint density at radius 3 is 2.58 bits per heavy atom. The standard InChI is InChI=1S/C18H18N4OS/c1-12-10-14(22(2)3)4-5-15(12)21-18-20-11-16(24-18)17(23)13-6-8-19-9-7-13/h4-11H,1-3H3,(H,20,21). The number of thiazole rings is 1. The van der Waals surface area contributed by atoms with Crippen molar-refractivity contribution in [2.24, 2.45) is 0 Å². The van der Waals surface area contributed by atoms with E-state index in [4.69, 9.17) is 0 Å². The first kappa shape index (κ1) is 16.1. The average molecular weight is 338 g/mol. The van der Waals surface area contributed by atoms with Gasteiger partial charge in [0.15, 0.2) is 5.13 Å². The zero-order valence-electron chi connectivity index (χ0n) is 13.8. The summed E-state index contributed by atoms with van der Waals surface area (Å²) < 4.78 is 0. The summed E-state index contributed by atoms with van der Waals surface area (Å²) in [7, 11) is 4.03. The van der Waals surface area contributed by atoms with Gasteiger partial charge in [-0.05, 0) is 42.8 Å². The smallest absolute Gasteiger partial charge is 0.204 e. The van der Waals surface area contributed by atoms with Gasteiger partial charge in [-0.15, -0.1) is 0 Å². The van der Waals surface area contributed by atoms with Crippen LogP contribution in [0.5, 0.6) is 0 Å². The van der Waals surface area contributed by atoms with E-state index in [1.807, 2.05) is 33.2 Å². The predicted molar refractivity (Wildman–Crippen MR) is 98.6 cm³/mol. The summed E-state index contributed by atoms with van der Waals surface area (Å²) in [6.07, 6.45) is 4.84. The highest BCUT2D eigenvalue weighted by molar-refractivity contribution is 7.17.